The molecular formula is C17H21NO2. The van der Waals surface area contributed by atoms with Gasteiger partial charge in [-0.2, -0.15) is 5.26 Å². The minimum Gasteiger partial charge on any atom is -0.462 e. The van der Waals surface area contributed by atoms with E-state index in [-0.39, 0.29) is 5.57 Å². The number of hydrogen-bond acceptors (Lipinski definition) is 3. The van der Waals surface area contributed by atoms with Crippen LogP contribution in [0, 0.1) is 32.1 Å². The van der Waals surface area contributed by atoms with Crippen molar-refractivity contribution in [3.05, 3.63) is 40.0 Å². The Balaban J connectivity index is 3.01. The van der Waals surface area contributed by atoms with E-state index in [9.17, 15) is 4.79 Å². The number of benzene rings is 1. The molecule has 1 rings (SSSR count). The standard InChI is InChI=1S/C17H21NO2/c1-5-6-7-20-17(19)15(11-18)10-16-13(3)8-12(2)9-14(16)4/h8-10H,5-7H2,1-4H3/b15-10+. The molecule has 0 aromatic heterocycles. The largest absolute Gasteiger partial charge is 0.462 e. The Kier molecular flexibility index (Phi) is 5.99. The van der Waals surface area contributed by atoms with Gasteiger partial charge in [0.2, 0.25) is 0 Å². The Morgan fingerprint density at radius 1 is 1.30 bits per heavy atom. The van der Waals surface area contributed by atoms with Gasteiger partial charge in [-0.3, -0.25) is 0 Å². The van der Waals surface area contributed by atoms with E-state index < -0.39 is 5.97 Å². The second-order valence-electron chi connectivity index (χ2n) is 4.97. The topological polar surface area (TPSA) is 50.1 Å². The normalized spacial score (nSPS) is 11.1. The van der Waals surface area contributed by atoms with Crippen molar-refractivity contribution in [2.75, 3.05) is 6.61 Å². The summed E-state index contributed by atoms with van der Waals surface area (Å²) in [4.78, 5) is 11.8. The van der Waals surface area contributed by atoms with Crippen LogP contribution in [0.15, 0.2) is 17.7 Å². The average Bonchev–Trinajstić information content (AvgIpc) is 2.38. The zero-order chi connectivity index (χ0) is 15.1. The Hall–Kier alpha value is -2.08. The number of rotatable bonds is 5. The van der Waals surface area contributed by atoms with Gasteiger partial charge in [-0.25, -0.2) is 4.79 Å². The zero-order valence-electron chi connectivity index (χ0n) is 12.6. The van der Waals surface area contributed by atoms with Crippen LogP contribution < -0.4 is 0 Å². The van der Waals surface area contributed by atoms with Crippen LogP contribution in [0.4, 0.5) is 0 Å². The van der Waals surface area contributed by atoms with Crippen molar-refractivity contribution >= 4 is 12.0 Å². The maximum Gasteiger partial charge on any atom is 0.348 e. The monoisotopic (exact) mass is 271 g/mol. The molecule has 1 aromatic carbocycles. The molecule has 0 saturated carbocycles. The molecule has 0 unspecified atom stereocenters. The van der Waals surface area contributed by atoms with Gasteiger partial charge in [0, 0.05) is 0 Å². The number of carbonyl (C=O) groups is 1. The summed E-state index contributed by atoms with van der Waals surface area (Å²) < 4.78 is 5.08. The van der Waals surface area contributed by atoms with E-state index in [0.717, 1.165) is 29.5 Å². The lowest BCUT2D eigenvalue weighted by Crippen LogP contribution is -2.08. The summed E-state index contributed by atoms with van der Waals surface area (Å²) in [6.07, 6.45) is 3.39. The van der Waals surface area contributed by atoms with Gasteiger partial charge in [0.15, 0.2) is 0 Å². The first-order valence-corrected chi connectivity index (χ1v) is 6.86. The van der Waals surface area contributed by atoms with Crippen molar-refractivity contribution in [1.82, 2.24) is 0 Å². The van der Waals surface area contributed by atoms with Gasteiger partial charge in [-0.15, -0.1) is 0 Å². The highest BCUT2D eigenvalue weighted by Gasteiger charge is 2.12. The molecule has 3 heteroatoms. The first kappa shape index (κ1) is 16.0. The van der Waals surface area contributed by atoms with E-state index in [0.29, 0.717) is 6.61 Å². The van der Waals surface area contributed by atoms with Gasteiger partial charge in [-0.1, -0.05) is 31.0 Å². The molecule has 0 bridgehead atoms. The van der Waals surface area contributed by atoms with Crippen LogP contribution in [-0.2, 0) is 9.53 Å². The SMILES string of the molecule is CCCCOC(=O)/C(C#N)=C/c1c(C)cc(C)cc1C. The average molecular weight is 271 g/mol. The van der Waals surface area contributed by atoms with Crippen LogP contribution in [0.2, 0.25) is 0 Å². The molecule has 3 nitrogen and oxygen atoms in total. The van der Waals surface area contributed by atoms with Crippen molar-refractivity contribution in [2.24, 2.45) is 0 Å². The van der Waals surface area contributed by atoms with E-state index in [1.807, 2.05) is 45.9 Å². The molecule has 1 aromatic rings. The molecule has 20 heavy (non-hydrogen) atoms. The van der Waals surface area contributed by atoms with Crippen LogP contribution in [0.5, 0.6) is 0 Å². The lowest BCUT2D eigenvalue weighted by molar-refractivity contribution is -0.138. The van der Waals surface area contributed by atoms with Crippen molar-refractivity contribution in [3.8, 4) is 6.07 Å². The van der Waals surface area contributed by atoms with Gasteiger partial charge >= 0.3 is 5.97 Å². The van der Waals surface area contributed by atoms with Crippen molar-refractivity contribution in [1.29, 1.82) is 5.26 Å². The highest BCUT2D eigenvalue weighted by molar-refractivity contribution is 5.98. The molecule has 106 valence electrons. The molecule has 0 aliphatic heterocycles. The van der Waals surface area contributed by atoms with E-state index >= 15 is 0 Å². The minimum atomic E-state index is -0.541. The second kappa shape index (κ2) is 7.49. The third-order valence-corrected chi connectivity index (χ3v) is 3.10. The number of nitrogens with zero attached hydrogens (tertiary/aromatic N) is 1. The summed E-state index contributed by atoms with van der Waals surface area (Å²) in [6.45, 7) is 8.36. The third kappa shape index (κ3) is 4.24. The lowest BCUT2D eigenvalue weighted by atomic mass is 9.98. The highest BCUT2D eigenvalue weighted by atomic mass is 16.5. The number of carbonyl (C=O) groups excluding carboxylic acids is 1. The molecule has 0 saturated heterocycles. The summed E-state index contributed by atoms with van der Waals surface area (Å²) in [5.74, 6) is -0.541. The molecule has 0 radical (unpaired) electrons. The minimum absolute atomic E-state index is 0.0520. The van der Waals surface area contributed by atoms with Gasteiger partial charge in [0.25, 0.3) is 0 Å². The molecule has 0 fully saturated rings. The quantitative estimate of drug-likeness (QED) is 0.353. The van der Waals surface area contributed by atoms with Crippen LogP contribution in [0.3, 0.4) is 0 Å². The number of ether oxygens (including phenoxy) is 1. The van der Waals surface area contributed by atoms with E-state index in [2.05, 4.69) is 0 Å². The van der Waals surface area contributed by atoms with E-state index in [1.165, 1.54) is 5.56 Å². The molecule has 0 aliphatic rings. The van der Waals surface area contributed by atoms with Gasteiger partial charge in [0.05, 0.1) is 6.61 Å². The smallest absolute Gasteiger partial charge is 0.348 e. The third-order valence-electron chi connectivity index (χ3n) is 3.10. The Morgan fingerprint density at radius 3 is 2.40 bits per heavy atom. The summed E-state index contributed by atoms with van der Waals surface area (Å²) in [5, 5.41) is 9.13. The fourth-order valence-electron chi connectivity index (χ4n) is 2.09. The fourth-order valence-corrected chi connectivity index (χ4v) is 2.09. The van der Waals surface area contributed by atoms with Crippen molar-refractivity contribution in [2.45, 2.75) is 40.5 Å². The second-order valence-corrected chi connectivity index (χ2v) is 4.97. The maximum absolute atomic E-state index is 11.8. The van der Waals surface area contributed by atoms with Crippen molar-refractivity contribution < 1.29 is 9.53 Å². The van der Waals surface area contributed by atoms with E-state index in [1.54, 1.807) is 6.08 Å². The first-order valence-electron chi connectivity index (χ1n) is 6.86. The van der Waals surface area contributed by atoms with Crippen LogP contribution in [0.1, 0.15) is 42.0 Å². The van der Waals surface area contributed by atoms with Gasteiger partial charge < -0.3 is 4.74 Å². The summed E-state index contributed by atoms with van der Waals surface area (Å²) in [5.41, 5.74) is 4.24. The predicted octanol–water partition coefficient (Wildman–Crippen LogP) is 3.86. The van der Waals surface area contributed by atoms with Crippen LogP contribution >= 0.6 is 0 Å². The van der Waals surface area contributed by atoms with Crippen molar-refractivity contribution in [3.63, 3.8) is 0 Å². The highest BCUT2D eigenvalue weighted by Crippen LogP contribution is 2.19. The Labute approximate surface area is 120 Å². The number of unbranched alkanes of at least 4 members (excludes halogenated alkanes) is 1. The van der Waals surface area contributed by atoms with E-state index in [4.69, 9.17) is 10.00 Å². The molecule has 0 N–H and O–H groups in total. The molecule has 0 atom stereocenters. The van der Waals surface area contributed by atoms with Crippen LogP contribution in [-0.4, -0.2) is 12.6 Å². The number of aryl methyl sites for hydroxylation is 3. The number of hydrogen-bond donors (Lipinski definition) is 0. The predicted molar refractivity (Wildman–Crippen MR) is 80.1 cm³/mol. The van der Waals surface area contributed by atoms with Gasteiger partial charge in [0.1, 0.15) is 11.6 Å². The molecule has 0 aliphatic carbocycles. The summed E-state index contributed by atoms with van der Waals surface area (Å²) in [6, 6.07) is 6.01. The number of nitriles is 1. The molecular weight excluding hydrogens is 250 g/mol. The number of esters is 1. The lowest BCUT2D eigenvalue weighted by Gasteiger charge is -2.08. The Morgan fingerprint density at radius 2 is 1.90 bits per heavy atom. The molecule has 0 amide bonds. The zero-order valence-corrected chi connectivity index (χ0v) is 12.6. The Bertz CT molecular complexity index is 542. The fraction of sp³-hybridized carbons (Fsp3) is 0.412. The van der Waals surface area contributed by atoms with Crippen LogP contribution in [0.25, 0.3) is 6.08 Å². The first-order chi connectivity index (χ1) is 9.49. The molecule has 0 spiro atoms. The summed E-state index contributed by atoms with van der Waals surface area (Å²) in [7, 11) is 0. The molecule has 0 heterocycles. The van der Waals surface area contributed by atoms with Gasteiger partial charge in [-0.05, 0) is 50.0 Å². The summed E-state index contributed by atoms with van der Waals surface area (Å²) >= 11 is 0. The maximum atomic E-state index is 11.8.